The Kier molecular flexibility index (Phi) is 4.86. The van der Waals surface area contributed by atoms with Gasteiger partial charge in [-0.25, -0.2) is 4.39 Å². The number of ketones is 1. The van der Waals surface area contributed by atoms with E-state index in [2.05, 4.69) is 0 Å². The minimum atomic E-state index is -0.335. The Morgan fingerprint density at radius 3 is 2.68 bits per heavy atom. The van der Waals surface area contributed by atoms with Gasteiger partial charge in [-0.05, 0) is 42.8 Å². The lowest BCUT2D eigenvalue weighted by Gasteiger charge is -2.02. The summed E-state index contributed by atoms with van der Waals surface area (Å²) in [7, 11) is 0. The van der Waals surface area contributed by atoms with Crippen LogP contribution >= 0.6 is 0 Å². The van der Waals surface area contributed by atoms with Gasteiger partial charge in [-0.1, -0.05) is 0 Å². The molecule has 1 aromatic carbocycles. The van der Waals surface area contributed by atoms with Crippen molar-refractivity contribution in [2.24, 2.45) is 0 Å². The number of carbonyl (C=O) groups is 1. The average Bonchev–Trinajstić information content (AvgIpc) is 2.92. The van der Waals surface area contributed by atoms with E-state index in [1.54, 1.807) is 12.3 Å². The predicted molar refractivity (Wildman–Crippen MR) is 68.3 cm³/mol. The van der Waals surface area contributed by atoms with Gasteiger partial charge in [0, 0.05) is 18.6 Å². The molecule has 3 nitrogen and oxygen atoms in total. The Morgan fingerprint density at radius 1 is 1.21 bits per heavy atom. The fourth-order valence-electron chi connectivity index (χ4n) is 1.68. The first-order valence-electron chi connectivity index (χ1n) is 6.14. The van der Waals surface area contributed by atoms with Crippen molar-refractivity contribution in [1.29, 1.82) is 0 Å². The van der Waals surface area contributed by atoms with Gasteiger partial charge in [0.15, 0.2) is 5.78 Å². The van der Waals surface area contributed by atoms with Crippen molar-refractivity contribution in [1.82, 2.24) is 0 Å². The van der Waals surface area contributed by atoms with Gasteiger partial charge in [0.2, 0.25) is 0 Å². The Hall–Kier alpha value is -1.94. The number of halogens is 1. The minimum absolute atomic E-state index is 0.00148. The summed E-state index contributed by atoms with van der Waals surface area (Å²) in [6.07, 6.45) is 2.62. The van der Waals surface area contributed by atoms with Crippen molar-refractivity contribution >= 4 is 5.78 Å². The molecular weight excluding hydrogens is 247 g/mol. The zero-order chi connectivity index (χ0) is 13.5. The molecule has 0 saturated carbocycles. The molecular formula is C15H15FO3. The first kappa shape index (κ1) is 13.5. The quantitative estimate of drug-likeness (QED) is 0.565. The van der Waals surface area contributed by atoms with Crippen LogP contribution in [0.25, 0.3) is 0 Å². The molecule has 0 spiro atoms. The molecule has 0 N–H and O–H groups in total. The SMILES string of the molecule is O=C(CCCOCc1ccco1)c1ccc(F)cc1. The fourth-order valence-corrected chi connectivity index (χ4v) is 1.68. The second-order valence-electron chi connectivity index (χ2n) is 4.17. The number of ether oxygens (including phenoxy) is 1. The third-order valence-electron chi connectivity index (χ3n) is 2.68. The van der Waals surface area contributed by atoms with Crippen LogP contribution in [0.3, 0.4) is 0 Å². The molecule has 0 amide bonds. The van der Waals surface area contributed by atoms with Crippen LogP contribution in [-0.4, -0.2) is 12.4 Å². The summed E-state index contributed by atoms with van der Waals surface area (Å²) in [6, 6.07) is 9.23. The molecule has 0 saturated heterocycles. The molecule has 2 aromatic rings. The van der Waals surface area contributed by atoms with Gasteiger partial charge < -0.3 is 9.15 Å². The number of carbonyl (C=O) groups excluding carboxylic acids is 1. The standard InChI is InChI=1S/C15H15FO3/c16-13-7-5-12(6-8-13)15(17)4-2-9-18-11-14-3-1-10-19-14/h1,3,5-8,10H,2,4,9,11H2. The van der Waals surface area contributed by atoms with Crippen LogP contribution in [0.15, 0.2) is 47.1 Å². The molecule has 0 unspecified atom stereocenters. The average molecular weight is 262 g/mol. The van der Waals surface area contributed by atoms with Gasteiger partial charge in [-0.3, -0.25) is 4.79 Å². The van der Waals surface area contributed by atoms with E-state index < -0.39 is 0 Å². The summed E-state index contributed by atoms with van der Waals surface area (Å²) in [5, 5.41) is 0. The molecule has 1 heterocycles. The topological polar surface area (TPSA) is 39.4 Å². The molecule has 0 radical (unpaired) electrons. The number of benzene rings is 1. The van der Waals surface area contributed by atoms with Gasteiger partial charge in [0.1, 0.15) is 18.2 Å². The van der Waals surface area contributed by atoms with E-state index in [-0.39, 0.29) is 11.6 Å². The molecule has 19 heavy (non-hydrogen) atoms. The number of rotatable bonds is 7. The Labute approximate surface area is 111 Å². The smallest absolute Gasteiger partial charge is 0.162 e. The Bertz CT molecular complexity index is 503. The van der Waals surface area contributed by atoms with E-state index in [1.807, 2.05) is 6.07 Å². The summed E-state index contributed by atoms with van der Waals surface area (Å²) in [4.78, 5) is 11.8. The first-order chi connectivity index (χ1) is 9.25. The molecule has 2 rings (SSSR count). The maximum absolute atomic E-state index is 12.7. The summed E-state index contributed by atoms with van der Waals surface area (Å²) in [6.45, 7) is 0.908. The van der Waals surface area contributed by atoms with E-state index in [4.69, 9.17) is 9.15 Å². The number of furan rings is 1. The van der Waals surface area contributed by atoms with E-state index in [0.717, 1.165) is 5.76 Å². The maximum atomic E-state index is 12.7. The van der Waals surface area contributed by atoms with Crippen LogP contribution < -0.4 is 0 Å². The molecule has 4 heteroatoms. The Morgan fingerprint density at radius 2 is 2.00 bits per heavy atom. The summed E-state index contributed by atoms with van der Waals surface area (Å²) >= 11 is 0. The third-order valence-corrected chi connectivity index (χ3v) is 2.68. The molecule has 0 aliphatic rings. The van der Waals surface area contributed by atoms with Gasteiger partial charge in [0.25, 0.3) is 0 Å². The Balaban J connectivity index is 1.65. The van der Waals surface area contributed by atoms with Crippen LogP contribution in [0.2, 0.25) is 0 Å². The molecule has 0 aliphatic carbocycles. The molecule has 100 valence electrons. The lowest BCUT2D eigenvalue weighted by Crippen LogP contribution is -2.02. The van der Waals surface area contributed by atoms with Crippen molar-refractivity contribution in [3.05, 3.63) is 59.8 Å². The maximum Gasteiger partial charge on any atom is 0.162 e. The molecule has 0 aliphatic heterocycles. The van der Waals surface area contributed by atoms with Crippen molar-refractivity contribution in [3.63, 3.8) is 0 Å². The summed E-state index contributed by atoms with van der Waals surface area (Å²) in [5.41, 5.74) is 0.535. The van der Waals surface area contributed by atoms with Gasteiger partial charge in [-0.15, -0.1) is 0 Å². The zero-order valence-corrected chi connectivity index (χ0v) is 10.5. The van der Waals surface area contributed by atoms with Crippen LogP contribution in [-0.2, 0) is 11.3 Å². The second-order valence-corrected chi connectivity index (χ2v) is 4.17. The first-order valence-corrected chi connectivity index (χ1v) is 6.14. The fraction of sp³-hybridized carbons (Fsp3) is 0.267. The molecule has 0 bridgehead atoms. The van der Waals surface area contributed by atoms with E-state index in [0.29, 0.717) is 31.6 Å². The number of Topliss-reactive ketones (excluding diaryl/α,β-unsaturated/α-hetero) is 1. The summed E-state index contributed by atoms with van der Waals surface area (Å²) in [5.74, 6) is 0.435. The van der Waals surface area contributed by atoms with Gasteiger partial charge in [-0.2, -0.15) is 0 Å². The monoisotopic (exact) mass is 262 g/mol. The predicted octanol–water partition coefficient (Wildman–Crippen LogP) is 3.60. The van der Waals surface area contributed by atoms with Crippen LogP contribution in [0.4, 0.5) is 4.39 Å². The highest BCUT2D eigenvalue weighted by Gasteiger charge is 2.05. The largest absolute Gasteiger partial charge is 0.467 e. The van der Waals surface area contributed by atoms with Crippen molar-refractivity contribution in [3.8, 4) is 0 Å². The minimum Gasteiger partial charge on any atom is -0.467 e. The van der Waals surface area contributed by atoms with Crippen LogP contribution in [0.1, 0.15) is 29.0 Å². The lowest BCUT2D eigenvalue weighted by atomic mass is 10.1. The zero-order valence-electron chi connectivity index (χ0n) is 10.5. The molecule has 0 atom stereocenters. The van der Waals surface area contributed by atoms with Crippen molar-refractivity contribution < 1.29 is 18.3 Å². The third kappa shape index (κ3) is 4.34. The van der Waals surface area contributed by atoms with E-state index in [9.17, 15) is 9.18 Å². The summed E-state index contributed by atoms with van der Waals surface area (Å²) < 4.78 is 23.2. The van der Waals surface area contributed by atoms with Crippen LogP contribution in [0.5, 0.6) is 0 Å². The van der Waals surface area contributed by atoms with E-state index >= 15 is 0 Å². The highest BCUT2D eigenvalue weighted by Crippen LogP contribution is 2.08. The lowest BCUT2D eigenvalue weighted by molar-refractivity contribution is 0.0885. The highest BCUT2D eigenvalue weighted by molar-refractivity contribution is 5.95. The molecule has 1 aromatic heterocycles. The number of hydrogen-bond donors (Lipinski definition) is 0. The second kappa shape index (κ2) is 6.85. The number of hydrogen-bond acceptors (Lipinski definition) is 3. The van der Waals surface area contributed by atoms with Crippen molar-refractivity contribution in [2.45, 2.75) is 19.4 Å². The van der Waals surface area contributed by atoms with Crippen LogP contribution in [0, 0.1) is 5.82 Å². The van der Waals surface area contributed by atoms with Crippen molar-refractivity contribution in [2.75, 3.05) is 6.61 Å². The van der Waals surface area contributed by atoms with Gasteiger partial charge >= 0.3 is 0 Å². The highest BCUT2D eigenvalue weighted by atomic mass is 19.1. The van der Waals surface area contributed by atoms with E-state index in [1.165, 1.54) is 24.3 Å². The molecule has 0 fully saturated rings. The van der Waals surface area contributed by atoms with Gasteiger partial charge in [0.05, 0.1) is 6.26 Å². The normalized spacial score (nSPS) is 10.6.